The van der Waals surface area contributed by atoms with Crippen molar-refractivity contribution in [3.05, 3.63) is 50.4 Å². The quantitative estimate of drug-likeness (QED) is 0.161. The van der Waals surface area contributed by atoms with Gasteiger partial charge in [-0.05, 0) is 98.0 Å². The summed E-state index contributed by atoms with van der Waals surface area (Å²) < 4.78 is 25.2. The number of aromatic nitrogens is 1. The number of nitrogens with zero attached hydrogens (tertiary/aromatic N) is 2. The summed E-state index contributed by atoms with van der Waals surface area (Å²) in [6.07, 6.45) is 6.13. The van der Waals surface area contributed by atoms with Crippen LogP contribution in [0.5, 0.6) is 11.6 Å². The lowest BCUT2D eigenvalue weighted by Gasteiger charge is -2.53. The highest BCUT2D eigenvalue weighted by atomic mass is 35.5. The molecule has 51 heavy (non-hydrogen) atoms. The molecule has 1 fully saturated rings. The highest BCUT2D eigenvalue weighted by Crippen LogP contribution is 2.59. The van der Waals surface area contributed by atoms with E-state index < -0.39 is 37.6 Å². The maximum absolute atomic E-state index is 15.1. The molecule has 1 unspecified atom stereocenters. The lowest BCUT2D eigenvalue weighted by molar-refractivity contribution is -0.0273. The summed E-state index contributed by atoms with van der Waals surface area (Å²) in [6, 6.07) is 1.22. The number of aliphatic hydroxyl groups is 1. The molecule has 0 amide bonds. The Balaban J connectivity index is 1.55. The van der Waals surface area contributed by atoms with Crippen LogP contribution in [0.25, 0.3) is 0 Å². The van der Waals surface area contributed by atoms with Crippen LogP contribution in [0.1, 0.15) is 136 Å². The van der Waals surface area contributed by atoms with Crippen LogP contribution >= 0.6 is 11.6 Å². The standard InChI is InChI=1S/C39H56ClN3O7Si/c1-9-12-17-47-27-21-23(26-15-14-16-43(26)11-3)31(40)24-19-22-20-25-32(41)34-30(37(42-49-34)48-18-13-10-2)36(46)39(25,50-51(7,8)38(4,5)6)35(45)28(22)33(44)29(24)27/h21-22,25-26,32,45H,9-20,41H2,1-8H3/t22-,25-,26?,32-,39-/m0/s1. The highest BCUT2D eigenvalue weighted by Gasteiger charge is 2.66. The van der Waals surface area contributed by atoms with E-state index in [1.165, 1.54) is 0 Å². The normalized spacial score (nSPS) is 26.5. The molecule has 1 aliphatic heterocycles. The molecule has 1 saturated heterocycles. The van der Waals surface area contributed by atoms with Crippen LogP contribution in [0.2, 0.25) is 23.2 Å². The molecule has 1 aromatic heterocycles. The average molecular weight is 742 g/mol. The second kappa shape index (κ2) is 14.3. The number of carbonyl (C=O) groups excluding carboxylic acids is 2. The Bertz CT molecular complexity index is 1710. The Kier molecular flexibility index (Phi) is 10.6. The fourth-order valence-corrected chi connectivity index (χ4v) is 10.1. The average Bonchev–Trinajstić information content (AvgIpc) is 3.73. The van der Waals surface area contributed by atoms with Crippen molar-refractivity contribution in [3.8, 4) is 11.6 Å². The summed E-state index contributed by atoms with van der Waals surface area (Å²) in [5, 5.41) is 17.1. The zero-order valence-electron chi connectivity index (χ0n) is 31.6. The van der Waals surface area contributed by atoms with Crippen LogP contribution in [0, 0.1) is 11.8 Å². The smallest absolute Gasteiger partial charge is 0.265 e. The van der Waals surface area contributed by atoms with Crippen LogP contribution in [0.4, 0.5) is 0 Å². The van der Waals surface area contributed by atoms with Gasteiger partial charge in [0.25, 0.3) is 5.88 Å². The Labute approximate surface area is 308 Å². The maximum Gasteiger partial charge on any atom is 0.265 e. The molecule has 3 aliphatic carbocycles. The molecule has 2 aromatic rings. The van der Waals surface area contributed by atoms with E-state index in [1.807, 2.05) is 26.1 Å². The fourth-order valence-electron chi connectivity index (χ4n) is 8.31. The molecule has 0 saturated carbocycles. The number of allylic oxidation sites excluding steroid dienone is 1. The summed E-state index contributed by atoms with van der Waals surface area (Å²) in [6.45, 7) is 19.2. The van der Waals surface area contributed by atoms with Gasteiger partial charge in [-0.2, -0.15) is 0 Å². The zero-order valence-corrected chi connectivity index (χ0v) is 33.4. The Morgan fingerprint density at radius 1 is 1.12 bits per heavy atom. The molecule has 6 rings (SSSR count). The van der Waals surface area contributed by atoms with Gasteiger partial charge in [-0.3, -0.25) is 14.5 Å². The van der Waals surface area contributed by atoms with Crippen molar-refractivity contribution < 1.29 is 33.1 Å². The molecule has 1 aromatic carbocycles. The second-order valence-corrected chi connectivity index (χ2v) is 21.4. The minimum Gasteiger partial charge on any atom is -0.508 e. The number of likely N-dealkylation sites (tertiary alicyclic amines) is 1. The van der Waals surface area contributed by atoms with Crippen molar-refractivity contribution in [2.24, 2.45) is 17.6 Å². The zero-order chi connectivity index (χ0) is 37.0. The SMILES string of the molecule is CCCCOc1cc(C2CCCN2CC)c(Cl)c2c1C(=O)C1=C(O)[C@]3(O[Si](C)(C)C(C)(C)C)C(=O)c4c(OCCCC)noc4[C@@H](N)[C@@H]3C[C@@H]1C2. The summed E-state index contributed by atoms with van der Waals surface area (Å²) >= 11 is 7.32. The van der Waals surface area contributed by atoms with E-state index in [2.05, 4.69) is 44.7 Å². The topological polar surface area (TPSA) is 137 Å². The van der Waals surface area contributed by atoms with E-state index in [0.29, 0.717) is 42.4 Å². The van der Waals surface area contributed by atoms with Crippen molar-refractivity contribution in [2.75, 3.05) is 26.3 Å². The van der Waals surface area contributed by atoms with Gasteiger partial charge in [0.05, 0.1) is 24.8 Å². The second-order valence-electron chi connectivity index (χ2n) is 16.3. The Morgan fingerprint density at radius 3 is 2.45 bits per heavy atom. The van der Waals surface area contributed by atoms with Crippen molar-refractivity contribution in [3.63, 3.8) is 0 Å². The van der Waals surface area contributed by atoms with E-state index in [4.69, 9.17) is 35.8 Å². The van der Waals surface area contributed by atoms with Crippen molar-refractivity contribution >= 4 is 31.5 Å². The predicted octanol–water partition coefficient (Wildman–Crippen LogP) is 8.69. The first-order chi connectivity index (χ1) is 24.1. The number of aliphatic hydroxyl groups excluding tert-OH is 1. The molecule has 2 heterocycles. The minimum atomic E-state index is -2.82. The number of ketones is 2. The summed E-state index contributed by atoms with van der Waals surface area (Å²) in [7, 11) is -2.82. The lowest BCUT2D eigenvalue weighted by atomic mass is 9.59. The minimum absolute atomic E-state index is 0.0368. The first-order valence-corrected chi connectivity index (χ1v) is 22.3. The predicted molar refractivity (Wildman–Crippen MR) is 200 cm³/mol. The van der Waals surface area contributed by atoms with E-state index in [9.17, 15) is 5.11 Å². The van der Waals surface area contributed by atoms with Gasteiger partial charge < -0.3 is 29.3 Å². The number of ether oxygens (including phenoxy) is 2. The van der Waals surface area contributed by atoms with Crippen molar-refractivity contribution in [1.82, 2.24) is 10.1 Å². The first-order valence-electron chi connectivity index (χ1n) is 19.0. The van der Waals surface area contributed by atoms with Crippen LogP contribution in [-0.2, 0) is 10.8 Å². The van der Waals surface area contributed by atoms with Gasteiger partial charge in [-0.25, -0.2) is 0 Å². The molecule has 3 N–H and O–H groups in total. The molecular weight excluding hydrogens is 686 g/mol. The summed E-state index contributed by atoms with van der Waals surface area (Å²) in [5.41, 5.74) is 7.43. The number of rotatable bonds is 12. The monoisotopic (exact) mass is 741 g/mol. The van der Waals surface area contributed by atoms with Crippen molar-refractivity contribution in [2.45, 2.75) is 129 Å². The molecule has 12 heteroatoms. The van der Waals surface area contributed by atoms with E-state index in [-0.39, 0.29) is 45.4 Å². The number of carbonyl (C=O) groups is 2. The summed E-state index contributed by atoms with van der Waals surface area (Å²) in [5.74, 6) is -1.75. The third kappa shape index (κ3) is 6.18. The Hall–Kier alpha value is -2.70. The van der Waals surface area contributed by atoms with E-state index in [0.717, 1.165) is 62.7 Å². The number of hydrogen-bond donors (Lipinski definition) is 2. The largest absolute Gasteiger partial charge is 0.508 e. The number of unbranched alkanes of at least 4 members (excludes halogenated alkanes) is 2. The van der Waals surface area contributed by atoms with Gasteiger partial charge in [0.2, 0.25) is 5.78 Å². The van der Waals surface area contributed by atoms with Crippen LogP contribution in [0.15, 0.2) is 21.9 Å². The van der Waals surface area contributed by atoms with Crippen molar-refractivity contribution in [1.29, 1.82) is 0 Å². The van der Waals surface area contributed by atoms with Gasteiger partial charge in [0.15, 0.2) is 25.5 Å². The third-order valence-corrected chi connectivity index (χ3v) is 17.1. The van der Waals surface area contributed by atoms with Gasteiger partial charge in [-0.1, -0.05) is 66.0 Å². The van der Waals surface area contributed by atoms with Gasteiger partial charge in [-0.15, -0.1) is 0 Å². The number of nitrogens with two attached hydrogens (primary N) is 1. The van der Waals surface area contributed by atoms with Crippen LogP contribution in [-0.4, -0.2) is 67.0 Å². The van der Waals surface area contributed by atoms with Gasteiger partial charge >= 0.3 is 0 Å². The van der Waals surface area contributed by atoms with Gasteiger partial charge in [0, 0.05) is 22.6 Å². The molecular formula is C39H56ClN3O7Si. The molecule has 280 valence electrons. The third-order valence-electron chi connectivity index (χ3n) is 12.2. The molecule has 4 aliphatic rings. The number of hydrogen-bond acceptors (Lipinski definition) is 10. The number of Topliss-reactive ketones (excluding diaryl/α,β-unsaturated/α-hetero) is 2. The molecule has 0 spiro atoms. The molecule has 0 radical (unpaired) electrons. The first kappa shape index (κ1) is 38.0. The van der Waals surface area contributed by atoms with Crippen LogP contribution in [0.3, 0.4) is 0 Å². The molecule has 10 nitrogen and oxygen atoms in total. The number of halogens is 1. The lowest BCUT2D eigenvalue weighted by Crippen LogP contribution is -2.64. The Morgan fingerprint density at radius 2 is 1.80 bits per heavy atom. The van der Waals surface area contributed by atoms with Crippen LogP contribution < -0.4 is 15.2 Å². The fraction of sp³-hybridized carbons (Fsp3) is 0.667. The van der Waals surface area contributed by atoms with E-state index >= 15 is 9.59 Å². The number of benzene rings is 1. The summed E-state index contributed by atoms with van der Waals surface area (Å²) in [4.78, 5) is 32.6. The van der Waals surface area contributed by atoms with E-state index in [1.54, 1.807) is 0 Å². The number of fused-ring (bicyclic) bond motifs is 4. The van der Waals surface area contributed by atoms with Gasteiger partial charge in [0.1, 0.15) is 17.1 Å². The highest BCUT2D eigenvalue weighted by molar-refractivity contribution is 6.74. The molecule has 5 atom stereocenters. The molecule has 0 bridgehead atoms. The maximum atomic E-state index is 15.1.